The Hall–Kier alpha value is -3.26. The number of hydrogen-bond donors (Lipinski definition) is 2. The Bertz CT molecular complexity index is 1410. The predicted octanol–water partition coefficient (Wildman–Crippen LogP) is 5.03. The van der Waals surface area contributed by atoms with E-state index in [0.29, 0.717) is 29.0 Å². The maximum atomic E-state index is 14.0. The maximum absolute atomic E-state index is 14.0. The zero-order valence-electron chi connectivity index (χ0n) is 19.9. The minimum absolute atomic E-state index is 0.00288. The number of nitrogens with two attached hydrogens (primary N) is 1. The van der Waals surface area contributed by atoms with Gasteiger partial charge in [0.15, 0.2) is 0 Å². The first-order valence-electron chi connectivity index (χ1n) is 11.4. The fourth-order valence-corrected chi connectivity index (χ4v) is 4.62. The fourth-order valence-electron chi connectivity index (χ4n) is 4.33. The summed E-state index contributed by atoms with van der Waals surface area (Å²) in [4.78, 5) is 20.4. The number of rotatable bonds is 7. The SMILES string of the molecule is CC[C@H](N)CN(C)Cc1c(-c2cc(C)cc(Cl)c2)cnc2ccn(-c3cc(O)cc(F)c3)c(=O)c12. The first-order valence-corrected chi connectivity index (χ1v) is 11.8. The summed E-state index contributed by atoms with van der Waals surface area (Å²) in [5, 5.41) is 10.9. The summed E-state index contributed by atoms with van der Waals surface area (Å²) in [6, 6.07) is 11.0. The molecule has 0 aliphatic rings. The molecule has 6 nitrogen and oxygen atoms in total. The number of aromatic hydroxyl groups is 1. The highest BCUT2D eigenvalue weighted by atomic mass is 35.5. The van der Waals surface area contributed by atoms with Gasteiger partial charge in [0.05, 0.1) is 16.6 Å². The van der Waals surface area contributed by atoms with Gasteiger partial charge < -0.3 is 15.7 Å². The molecule has 182 valence electrons. The molecule has 0 aliphatic carbocycles. The smallest absolute Gasteiger partial charge is 0.264 e. The van der Waals surface area contributed by atoms with Crippen molar-refractivity contribution in [3.8, 4) is 22.6 Å². The highest BCUT2D eigenvalue weighted by molar-refractivity contribution is 6.31. The zero-order chi connectivity index (χ0) is 25.3. The predicted molar refractivity (Wildman–Crippen MR) is 139 cm³/mol. The van der Waals surface area contributed by atoms with Gasteiger partial charge in [-0.05, 0) is 61.3 Å². The van der Waals surface area contributed by atoms with E-state index in [1.54, 1.807) is 12.3 Å². The number of halogens is 2. The van der Waals surface area contributed by atoms with Gasteiger partial charge in [-0.15, -0.1) is 0 Å². The number of phenols is 1. The molecule has 0 saturated heterocycles. The van der Waals surface area contributed by atoms with Crippen LogP contribution in [0.1, 0.15) is 24.5 Å². The Labute approximate surface area is 208 Å². The number of fused-ring (bicyclic) bond motifs is 1. The van der Waals surface area contributed by atoms with Crippen molar-refractivity contribution in [1.29, 1.82) is 0 Å². The van der Waals surface area contributed by atoms with E-state index in [1.165, 1.54) is 22.9 Å². The van der Waals surface area contributed by atoms with Crippen LogP contribution in [0.4, 0.5) is 4.39 Å². The van der Waals surface area contributed by atoms with Crippen LogP contribution in [0.5, 0.6) is 5.75 Å². The molecule has 0 amide bonds. The average Bonchev–Trinajstić information content (AvgIpc) is 2.77. The molecule has 0 spiro atoms. The number of phenolic OH excluding ortho intramolecular Hbond substituents is 1. The first kappa shape index (κ1) is 24.9. The van der Waals surface area contributed by atoms with Crippen LogP contribution in [-0.2, 0) is 6.54 Å². The third-order valence-corrected chi connectivity index (χ3v) is 6.25. The average molecular weight is 495 g/mol. The third kappa shape index (κ3) is 5.37. The highest BCUT2D eigenvalue weighted by Gasteiger charge is 2.19. The van der Waals surface area contributed by atoms with Crippen molar-refractivity contribution >= 4 is 22.5 Å². The molecule has 0 fully saturated rings. The molecule has 0 radical (unpaired) electrons. The Morgan fingerprint density at radius 3 is 2.69 bits per heavy atom. The topological polar surface area (TPSA) is 84.4 Å². The van der Waals surface area contributed by atoms with E-state index in [4.69, 9.17) is 17.3 Å². The van der Waals surface area contributed by atoms with Crippen LogP contribution in [0.2, 0.25) is 5.02 Å². The molecule has 2 aromatic heterocycles. The van der Waals surface area contributed by atoms with Gasteiger partial charge in [-0.2, -0.15) is 0 Å². The fraction of sp³-hybridized carbons (Fsp3) is 0.259. The van der Waals surface area contributed by atoms with Gasteiger partial charge in [-0.25, -0.2) is 4.39 Å². The van der Waals surface area contributed by atoms with Crippen LogP contribution in [-0.4, -0.2) is 39.2 Å². The standard InChI is InChI=1S/C27H28ClFN4O2/c1-4-20(30)14-32(3)15-24-23(17-7-16(2)8-18(28)9-17)13-31-25-5-6-33(27(35)26(24)25)21-10-19(29)11-22(34)12-21/h5-13,20,34H,4,14-15,30H2,1-3H3/t20-/m0/s1. The zero-order valence-corrected chi connectivity index (χ0v) is 20.7. The van der Waals surface area contributed by atoms with E-state index in [9.17, 15) is 14.3 Å². The normalized spacial score (nSPS) is 12.4. The summed E-state index contributed by atoms with van der Waals surface area (Å²) in [7, 11) is 1.96. The summed E-state index contributed by atoms with van der Waals surface area (Å²) in [5.74, 6) is -0.899. The molecule has 3 N–H and O–H groups in total. The van der Waals surface area contributed by atoms with Crippen molar-refractivity contribution in [2.45, 2.75) is 32.9 Å². The second-order valence-electron chi connectivity index (χ2n) is 8.95. The molecule has 2 heterocycles. The van der Waals surface area contributed by atoms with E-state index in [0.717, 1.165) is 34.7 Å². The number of aromatic nitrogens is 2. The third-order valence-electron chi connectivity index (χ3n) is 6.03. The Balaban J connectivity index is 1.98. The van der Waals surface area contributed by atoms with Crippen LogP contribution in [0.25, 0.3) is 27.7 Å². The molecular weight excluding hydrogens is 467 g/mol. The Morgan fingerprint density at radius 1 is 1.23 bits per heavy atom. The molecule has 0 unspecified atom stereocenters. The van der Waals surface area contributed by atoms with E-state index in [-0.39, 0.29) is 23.0 Å². The second-order valence-corrected chi connectivity index (χ2v) is 9.39. The van der Waals surface area contributed by atoms with Crippen LogP contribution >= 0.6 is 11.6 Å². The van der Waals surface area contributed by atoms with Gasteiger partial charge in [0.25, 0.3) is 5.56 Å². The van der Waals surface area contributed by atoms with Crippen molar-refractivity contribution in [2.75, 3.05) is 13.6 Å². The highest BCUT2D eigenvalue weighted by Crippen LogP contribution is 2.31. The Morgan fingerprint density at radius 2 is 2.00 bits per heavy atom. The van der Waals surface area contributed by atoms with Gasteiger partial charge >= 0.3 is 0 Å². The van der Waals surface area contributed by atoms with Gasteiger partial charge in [0.2, 0.25) is 0 Å². The lowest BCUT2D eigenvalue weighted by Crippen LogP contribution is -2.34. The lowest BCUT2D eigenvalue weighted by molar-refractivity contribution is 0.301. The molecule has 1 atom stereocenters. The number of nitrogens with zero attached hydrogens (tertiary/aromatic N) is 3. The van der Waals surface area contributed by atoms with Gasteiger partial charge in [-0.3, -0.25) is 14.3 Å². The second kappa shape index (κ2) is 10.2. The quantitative estimate of drug-likeness (QED) is 0.376. The summed E-state index contributed by atoms with van der Waals surface area (Å²) in [5.41, 5.74) is 9.99. The summed E-state index contributed by atoms with van der Waals surface area (Å²) in [6.45, 7) is 5.08. The van der Waals surface area contributed by atoms with Crippen LogP contribution in [0, 0.1) is 12.7 Å². The van der Waals surface area contributed by atoms with Crippen LogP contribution < -0.4 is 11.3 Å². The van der Waals surface area contributed by atoms with Gasteiger partial charge in [-0.1, -0.05) is 24.6 Å². The van der Waals surface area contributed by atoms with E-state index >= 15 is 0 Å². The van der Waals surface area contributed by atoms with Gasteiger partial charge in [0, 0.05) is 54.2 Å². The van der Waals surface area contributed by atoms with Crippen molar-refractivity contribution in [2.24, 2.45) is 5.73 Å². The Kier molecular flexibility index (Phi) is 7.21. The largest absolute Gasteiger partial charge is 0.508 e. The summed E-state index contributed by atoms with van der Waals surface area (Å²) < 4.78 is 15.3. The number of hydrogen-bond acceptors (Lipinski definition) is 5. The van der Waals surface area contributed by atoms with Crippen LogP contribution in [0.3, 0.4) is 0 Å². The van der Waals surface area contributed by atoms with E-state index in [2.05, 4.69) is 9.88 Å². The minimum Gasteiger partial charge on any atom is -0.508 e. The van der Waals surface area contributed by atoms with Crippen molar-refractivity contribution in [3.05, 3.63) is 87.2 Å². The molecule has 35 heavy (non-hydrogen) atoms. The van der Waals surface area contributed by atoms with Crippen molar-refractivity contribution < 1.29 is 9.50 Å². The van der Waals surface area contributed by atoms with E-state index in [1.807, 2.05) is 39.1 Å². The number of benzene rings is 2. The lowest BCUT2D eigenvalue weighted by Gasteiger charge is -2.23. The molecule has 0 aliphatic heterocycles. The minimum atomic E-state index is -0.637. The first-order chi connectivity index (χ1) is 16.7. The number of pyridine rings is 2. The number of likely N-dealkylation sites (N-methyl/N-ethyl adjacent to an activating group) is 1. The molecule has 0 bridgehead atoms. The van der Waals surface area contributed by atoms with Crippen molar-refractivity contribution in [1.82, 2.24) is 14.5 Å². The molecular formula is C27H28ClFN4O2. The molecule has 0 saturated carbocycles. The summed E-state index contributed by atoms with van der Waals surface area (Å²) in [6.07, 6.45) is 4.13. The number of aryl methyl sites for hydroxylation is 1. The molecule has 2 aromatic carbocycles. The van der Waals surface area contributed by atoms with Crippen molar-refractivity contribution in [3.63, 3.8) is 0 Å². The molecule has 4 aromatic rings. The van der Waals surface area contributed by atoms with Crippen LogP contribution in [0.15, 0.2) is 59.7 Å². The lowest BCUT2D eigenvalue weighted by atomic mass is 9.96. The monoisotopic (exact) mass is 494 g/mol. The van der Waals surface area contributed by atoms with Gasteiger partial charge in [0.1, 0.15) is 11.6 Å². The molecule has 4 rings (SSSR count). The molecule has 8 heteroatoms. The summed E-state index contributed by atoms with van der Waals surface area (Å²) >= 11 is 6.36. The van der Waals surface area contributed by atoms with E-state index < -0.39 is 5.82 Å². The maximum Gasteiger partial charge on any atom is 0.264 e.